The van der Waals surface area contributed by atoms with Crippen molar-refractivity contribution in [2.75, 3.05) is 6.54 Å². The fourth-order valence-corrected chi connectivity index (χ4v) is 3.22. The Morgan fingerprint density at radius 3 is 3.00 bits per heavy atom. The summed E-state index contributed by atoms with van der Waals surface area (Å²) in [6, 6.07) is 12.1. The van der Waals surface area contributed by atoms with E-state index in [4.69, 9.17) is 4.42 Å². The Labute approximate surface area is 128 Å². The monoisotopic (exact) mass is 294 g/mol. The highest BCUT2D eigenvalue weighted by atomic mass is 16.3. The van der Waals surface area contributed by atoms with Gasteiger partial charge in [-0.3, -0.25) is 4.79 Å². The Balaban J connectivity index is 1.50. The Morgan fingerprint density at radius 1 is 1.23 bits per heavy atom. The molecule has 4 rings (SSSR count). The third-order valence-corrected chi connectivity index (χ3v) is 4.40. The molecule has 0 saturated heterocycles. The lowest BCUT2D eigenvalue weighted by Crippen LogP contribution is -2.35. The molecule has 1 aliphatic rings. The van der Waals surface area contributed by atoms with E-state index in [1.165, 1.54) is 16.6 Å². The number of nitrogens with one attached hydrogen (secondary N) is 1. The molecule has 0 unspecified atom stereocenters. The summed E-state index contributed by atoms with van der Waals surface area (Å²) in [6.45, 7) is 1.49. The summed E-state index contributed by atoms with van der Waals surface area (Å²) in [5.74, 6) is 1.07. The number of hydrogen-bond donors (Lipinski definition) is 1. The summed E-state index contributed by atoms with van der Waals surface area (Å²) in [7, 11) is 0. The van der Waals surface area contributed by atoms with Crippen molar-refractivity contribution in [2.45, 2.75) is 25.8 Å². The number of carbonyl (C=O) groups is 1. The van der Waals surface area contributed by atoms with Crippen molar-refractivity contribution >= 4 is 16.8 Å². The van der Waals surface area contributed by atoms with Crippen molar-refractivity contribution in [1.82, 2.24) is 9.88 Å². The van der Waals surface area contributed by atoms with E-state index in [0.717, 1.165) is 24.2 Å². The summed E-state index contributed by atoms with van der Waals surface area (Å²) >= 11 is 0. The lowest BCUT2D eigenvalue weighted by molar-refractivity contribution is -0.132. The van der Waals surface area contributed by atoms with Crippen LogP contribution in [-0.2, 0) is 24.2 Å². The maximum atomic E-state index is 12.4. The third-order valence-electron chi connectivity index (χ3n) is 4.40. The fourth-order valence-electron chi connectivity index (χ4n) is 3.22. The number of hydrogen-bond acceptors (Lipinski definition) is 2. The minimum atomic E-state index is 0.201. The lowest BCUT2D eigenvalue weighted by Gasteiger charge is -2.27. The molecule has 0 radical (unpaired) electrons. The summed E-state index contributed by atoms with van der Waals surface area (Å²) in [5, 5.41) is 1.24. The number of amides is 1. The Hall–Kier alpha value is -2.49. The number of aromatic amines is 1. The molecule has 0 saturated carbocycles. The second-order valence-corrected chi connectivity index (χ2v) is 5.77. The molecule has 0 atom stereocenters. The molecular formula is C18H18N2O2. The number of benzene rings is 1. The van der Waals surface area contributed by atoms with Crippen LogP contribution in [0.3, 0.4) is 0 Å². The van der Waals surface area contributed by atoms with Gasteiger partial charge in [-0.2, -0.15) is 0 Å². The Bertz CT molecular complexity index is 802. The van der Waals surface area contributed by atoms with Crippen LogP contribution in [0, 0.1) is 0 Å². The summed E-state index contributed by atoms with van der Waals surface area (Å²) in [5.41, 5.74) is 3.71. The second-order valence-electron chi connectivity index (χ2n) is 5.77. The Morgan fingerprint density at radius 2 is 2.14 bits per heavy atom. The van der Waals surface area contributed by atoms with Crippen LogP contribution in [0.15, 0.2) is 47.1 Å². The molecule has 112 valence electrons. The molecule has 0 bridgehead atoms. The van der Waals surface area contributed by atoms with Gasteiger partial charge in [0.25, 0.3) is 0 Å². The van der Waals surface area contributed by atoms with Crippen molar-refractivity contribution < 1.29 is 9.21 Å². The van der Waals surface area contributed by atoms with Gasteiger partial charge in [-0.15, -0.1) is 0 Å². The highest BCUT2D eigenvalue weighted by molar-refractivity contribution is 5.86. The van der Waals surface area contributed by atoms with E-state index in [1.54, 1.807) is 6.26 Å². The minimum absolute atomic E-state index is 0.201. The summed E-state index contributed by atoms with van der Waals surface area (Å²) in [4.78, 5) is 17.9. The molecule has 4 heteroatoms. The number of carbonyl (C=O) groups excluding carboxylic acids is 1. The first kappa shape index (κ1) is 13.2. The zero-order chi connectivity index (χ0) is 14.9. The smallest absolute Gasteiger partial charge is 0.223 e. The predicted octanol–water partition coefficient (Wildman–Crippen LogP) is 3.28. The normalized spacial score (nSPS) is 14.3. The van der Waals surface area contributed by atoms with Crippen molar-refractivity contribution in [3.63, 3.8) is 0 Å². The van der Waals surface area contributed by atoms with Gasteiger partial charge >= 0.3 is 0 Å². The number of para-hydroxylation sites is 1. The SMILES string of the molecule is O=C(CCc1ccco1)N1CCc2[nH]c3ccccc3c2C1. The molecule has 3 heterocycles. The van der Waals surface area contributed by atoms with Crippen LogP contribution >= 0.6 is 0 Å². The molecule has 0 fully saturated rings. The molecule has 2 aromatic heterocycles. The quantitative estimate of drug-likeness (QED) is 0.806. The summed E-state index contributed by atoms with van der Waals surface area (Å²) < 4.78 is 5.30. The average Bonchev–Trinajstić information content (AvgIpc) is 3.19. The molecule has 1 aromatic carbocycles. The van der Waals surface area contributed by atoms with Gasteiger partial charge in [-0.25, -0.2) is 0 Å². The number of H-pyrrole nitrogens is 1. The molecule has 1 aliphatic heterocycles. The second kappa shape index (κ2) is 5.37. The van der Waals surface area contributed by atoms with E-state index in [1.807, 2.05) is 29.2 Å². The number of nitrogens with zero attached hydrogens (tertiary/aromatic N) is 1. The van der Waals surface area contributed by atoms with Gasteiger partial charge in [0.15, 0.2) is 0 Å². The molecule has 22 heavy (non-hydrogen) atoms. The fraction of sp³-hybridized carbons (Fsp3) is 0.278. The van der Waals surface area contributed by atoms with Gasteiger partial charge in [0.1, 0.15) is 5.76 Å². The molecule has 0 aliphatic carbocycles. The zero-order valence-electron chi connectivity index (χ0n) is 12.3. The standard InChI is InChI=1S/C18H18N2O2/c21-18(8-7-13-4-3-11-22-13)20-10-9-17-15(12-20)14-5-1-2-6-16(14)19-17/h1-6,11,19H,7-10,12H2. The van der Waals surface area contributed by atoms with Gasteiger partial charge < -0.3 is 14.3 Å². The molecular weight excluding hydrogens is 276 g/mol. The number of aromatic nitrogens is 1. The number of furan rings is 1. The number of fused-ring (bicyclic) bond motifs is 3. The number of aryl methyl sites for hydroxylation is 1. The van der Waals surface area contributed by atoms with E-state index >= 15 is 0 Å². The molecule has 0 spiro atoms. The van der Waals surface area contributed by atoms with Gasteiger partial charge in [0, 0.05) is 54.5 Å². The molecule has 1 amide bonds. The Kier molecular flexibility index (Phi) is 3.22. The van der Waals surface area contributed by atoms with Gasteiger partial charge in [0.05, 0.1) is 6.26 Å². The van der Waals surface area contributed by atoms with Crippen molar-refractivity contribution in [2.24, 2.45) is 0 Å². The highest BCUT2D eigenvalue weighted by Crippen LogP contribution is 2.27. The number of rotatable bonds is 3. The average molecular weight is 294 g/mol. The maximum Gasteiger partial charge on any atom is 0.223 e. The topological polar surface area (TPSA) is 49.2 Å². The first-order chi connectivity index (χ1) is 10.8. The van der Waals surface area contributed by atoms with E-state index in [2.05, 4.69) is 17.1 Å². The largest absolute Gasteiger partial charge is 0.469 e. The zero-order valence-corrected chi connectivity index (χ0v) is 12.3. The minimum Gasteiger partial charge on any atom is -0.469 e. The first-order valence-corrected chi connectivity index (χ1v) is 7.70. The molecule has 1 N–H and O–H groups in total. The van der Waals surface area contributed by atoms with Crippen LogP contribution in [0.5, 0.6) is 0 Å². The van der Waals surface area contributed by atoms with Gasteiger partial charge in [0.2, 0.25) is 5.91 Å². The van der Waals surface area contributed by atoms with E-state index in [-0.39, 0.29) is 5.91 Å². The van der Waals surface area contributed by atoms with Gasteiger partial charge in [-0.05, 0) is 18.2 Å². The molecule has 3 aromatic rings. The van der Waals surface area contributed by atoms with E-state index in [0.29, 0.717) is 19.4 Å². The van der Waals surface area contributed by atoms with Crippen LogP contribution in [-0.4, -0.2) is 22.3 Å². The third kappa shape index (κ3) is 2.30. The van der Waals surface area contributed by atoms with Crippen LogP contribution in [0.4, 0.5) is 0 Å². The summed E-state index contributed by atoms with van der Waals surface area (Å²) in [6.07, 6.45) is 3.73. The first-order valence-electron chi connectivity index (χ1n) is 7.70. The van der Waals surface area contributed by atoms with Crippen molar-refractivity contribution in [1.29, 1.82) is 0 Å². The van der Waals surface area contributed by atoms with Crippen LogP contribution in [0.25, 0.3) is 10.9 Å². The lowest BCUT2D eigenvalue weighted by atomic mass is 10.0. The van der Waals surface area contributed by atoms with Crippen LogP contribution in [0.1, 0.15) is 23.4 Å². The predicted molar refractivity (Wildman–Crippen MR) is 84.4 cm³/mol. The van der Waals surface area contributed by atoms with Crippen LogP contribution in [0.2, 0.25) is 0 Å². The maximum absolute atomic E-state index is 12.4. The van der Waals surface area contributed by atoms with E-state index in [9.17, 15) is 4.79 Å². The van der Waals surface area contributed by atoms with Crippen LogP contribution < -0.4 is 0 Å². The van der Waals surface area contributed by atoms with Crippen molar-refractivity contribution in [3.8, 4) is 0 Å². The van der Waals surface area contributed by atoms with Crippen molar-refractivity contribution in [3.05, 3.63) is 59.7 Å². The van der Waals surface area contributed by atoms with E-state index < -0.39 is 0 Å². The highest BCUT2D eigenvalue weighted by Gasteiger charge is 2.23. The molecule has 4 nitrogen and oxygen atoms in total. The van der Waals surface area contributed by atoms with Gasteiger partial charge in [-0.1, -0.05) is 18.2 Å².